The molecule has 4 rings (SSSR count). The molecule has 0 atom stereocenters. The third-order valence-electron chi connectivity index (χ3n) is 4.32. The normalized spacial score (nSPS) is 15.2. The molecule has 2 aromatic rings. The second kappa shape index (κ2) is 5.56. The molecule has 1 N–H and O–H groups in total. The van der Waals surface area contributed by atoms with Crippen molar-refractivity contribution in [2.24, 2.45) is 0 Å². The smallest absolute Gasteiger partial charge is 0.255 e. The number of rotatable bonds is 2. The molecule has 0 aliphatic carbocycles. The highest BCUT2D eigenvalue weighted by atomic mass is 16.7. The molecule has 0 saturated heterocycles. The zero-order valence-corrected chi connectivity index (χ0v) is 13.2. The van der Waals surface area contributed by atoms with Gasteiger partial charge in [-0.15, -0.1) is 0 Å². The van der Waals surface area contributed by atoms with Gasteiger partial charge in [0.05, 0.1) is 0 Å². The molecule has 2 heterocycles. The molecule has 0 fully saturated rings. The van der Waals surface area contributed by atoms with Gasteiger partial charge in [0.1, 0.15) is 0 Å². The molecule has 0 radical (unpaired) electrons. The molecule has 2 aliphatic heterocycles. The molecule has 0 saturated carbocycles. The summed E-state index contributed by atoms with van der Waals surface area (Å²) in [4.78, 5) is 25.8. The fourth-order valence-corrected chi connectivity index (χ4v) is 2.98. The fraction of sp³-hybridized carbons (Fsp3) is 0.222. The Morgan fingerprint density at radius 1 is 1.08 bits per heavy atom. The van der Waals surface area contributed by atoms with Gasteiger partial charge in [-0.25, -0.2) is 0 Å². The van der Waals surface area contributed by atoms with Crippen LogP contribution in [-0.4, -0.2) is 25.7 Å². The predicted molar refractivity (Wildman–Crippen MR) is 88.7 cm³/mol. The number of fused-ring (bicyclic) bond motifs is 2. The van der Waals surface area contributed by atoms with Crippen LogP contribution in [0, 0.1) is 0 Å². The summed E-state index contributed by atoms with van der Waals surface area (Å²) in [6.45, 7) is 0.178. The van der Waals surface area contributed by atoms with E-state index in [9.17, 15) is 9.59 Å². The molecule has 2 aromatic carbocycles. The van der Waals surface area contributed by atoms with Crippen LogP contribution in [0.4, 0.5) is 11.4 Å². The van der Waals surface area contributed by atoms with Crippen molar-refractivity contribution in [3.8, 4) is 11.5 Å². The number of carbonyl (C=O) groups is 2. The minimum atomic E-state index is -0.214. The van der Waals surface area contributed by atoms with Gasteiger partial charge in [0.25, 0.3) is 5.91 Å². The van der Waals surface area contributed by atoms with Crippen molar-refractivity contribution in [2.75, 3.05) is 24.1 Å². The molecular formula is C18H16N2O4. The average Bonchev–Trinajstić information content (AvgIpc) is 3.06. The van der Waals surface area contributed by atoms with E-state index in [0.717, 1.165) is 11.3 Å². The Kier molecular flexibility index (Phi) is 3.37. The van der Waals surface area contributed by atoms with E-state index in [4.69, 9.17) is 9.47 Å². The first-order valence-electron chi connectivity index (χ1n) is 7.72. The van der Waals surface area contributed by atoms with Crippen LogP contribution in [0.25, 0.3) is 0 Å². The van der Waals surface area contributed by atoms with E-state index in [1.807, 2.05) is 12.1 Å². The van der Waals surface area contributed by atoms with Gasteiger partial charge >= 0.3 is 0 Å². The summed E-state index contributed by atoms with van der Waals surface area (Å²) >= 11 is 0. The van der Waals surface area contributed by atoms with Gasteiger partial charge in [0.15, 0.2) is 11.5 Å². The molecule has 2 amide bonds. The summed E-state index contributed by atoms with van der Waals surface area (Å²) in [7, 11) is 1.77. The van der Waals surface area contributed by atoms with Gasteiger partial charge in [-0.1, -0.05) is 0 Å². The van der Waals surface area contributed by atoms with Crippen molar-refractivity contribution in [2.45, 2.75) is 12.8 Å². The molecule has 6 nitrogen and oxygen atoms in total. The number of hydrogen-bond acceptors (Lipinski definition) is 4. The highest BCUT2D eigenvalue weighted by Gasteiger charge is 2.21. The van der Waals surface area contributed by atoms with Crippen LogP contribution in [-0.2, 0) is 11.2 Å². The summed E-state index contributed by atoms with van der Waals surface area (Å²) in [5, 5.41) is 2.89. The molecule has 0 spiro atoms. The number of ether oxygens (including phenoxy) is 2. The minimum absolute atomic E-state index is 0.111. The van der Waals surface area contributed by atoms with Gasteiger partial charge in [-0.2, -0.15) is 0 Å². The monoisotopic (exact) mass is 324 g/mol. The van der Waals surface area contributed by atoms with Crippen molar-refractivity contribution in [1.82, 2.24) is 0 Å². The number of benzene rings is 2. The molecule has 122 valence electrons. The van der Waals surface area contributed by atoms with E-state index in [1.165, 1.54) is 0 Å². The largest absolute Gasteiger partial charge is 0.454 e. The Labute approximate surface area is 139 Å². The third-order valence-corrected chi connectivity index (χ3v) is 4.32. The second-order valence-corrected chi connectivity index (χ2v) is 5.82. The Hall–Kier alpha value is -3.02. The highest BCUT2D eigenvalue weighted by Crippen LogP contribution is 2.33. The number of amides is 2. The van der Waals surface area contributed by atoms with Gasteiger partial charge in [0, 0.05) is 30.4 Å². The van der Waals surface area contributed by atoms with Crippen molar-refractivity contribution >= 4 is 23.2 Å². The molecule has 6 heteroatoms. The molecule has 0 aromatic heterocycles. The number of carbonyl (C=O) groups excluding carboxylic acids is 2. The second-order valence-electron chi connectivity index (χ2n) is 5.82. The van der Waals surface area contributed by atoms with Gasteiger partial charge in [0.2, 0.25) is 12.7 Å². The van der Waals surface area contributed by atoms with Crippen LogP contribution in [0.3, 0.4) is 0 Å². The SMILES string of the molecule is CN1C(=O)CCc2cc(NC(=O)c3ccc4c(c3)OCO4)ccc21. The number of hydrogen-bond donors (Lipinski definition) is 1. The van der Waals surface area contributed by atoms with Crippen molar-refractivity contribution < 1.29 is 19.1 Å². The van der Waals surface area contributed by atoms with Crippen LogP contribution in [0.1, 0.15) is 22.3 Å². The fourth-order valence-electron chi connectivity index (χ4n) is 2.98. The topological polar surface area (TPSA) is 67.9 Å². The first kappa shape index (κ1) is 14.6. The molecule has 0 unspecified atom stereocenters. The molecule has 2 aliphatic rings. The summed E-state index contributed by atoms with van der Waals surface area (Å²) in [6.07, 6.45) is 1.18. The predicted octanol–water partition coefficient (Wildman–Crippen LogP) is 2.58. The van der Waals surface area contributed by atoms with Gasteiger partial charge < -0.3 is 19.7 Å². The number of nitrogens with zero attached hydrogens (tertiary/aromatic N) is 1. The number of aryl methyl sites for hydroxylation is 1. The lowest BCUT2D eigenvalue weighted by Crippen LogP contribution is -2.31. The van der Waals surface area contributed by atoms with Crippen molar-refractivity contribution in [3.63, 3.8) is 0 Å². The maximum atomic E-state index is 12.4. The Morgan fingerprint density at radius 2 is 1.92 bits per heavy atom. The van der Waals surface area contributed by atoms with E-state index in [0.29, 0.717) is 35.6 Å². The van der Waals surface area contributed by atoms with Gasteiger partial charge in [-0.3, -0.25) is 9.59 Å². The maximum Gasteiger partial charge on any atom is 0.255 e. The van der Waals surface area contributed by atoms with E-state index < -0.39 is 0 Å². The lowest BCUT2D eigenvalue weighted by Gasteiger charge is -2.26. The van der Waals surface area contributed by atoms with Gasteiger partial charge in [-0.05, 0) is 48.4 Å². The van der Waals surface area contributed by atoms with E-state index >= 15 is 0 Å². The lowest BCUT2D eigenvalue weighted by molar-refractivity contribution is -0.118. The maximum absolute atomic E-state index is 12.4. The van der Waals surface area contributed by atoms with Crippen molar-refractivity contribution in [1.29, 1.82) is 0 Å². The quantitative estimate of drug-likeness (QED) is 0.922. The molecular weight excluding hydrogens is 308 g/mol. The standard InChI is InChI=1S/C18H16N2O4/c1-20-14-5-4-13(8-11(14)3-7-17(20)21)19-18(22)12-2-6-15-16(9-12)24-10-23-15/h2,4-6,8-9H,3,7,10H2,1H3,(H,19,22). The third kappa shape index (κ3) is 2.46. The van der Waals surface area contributed by atoms with Crippen LogP contribution in [0.2, 0.25) is 0 Å². The Morgan fingerprint density at radius 3 is 2.79 bits per heavy atom. The van der Waals surface area contributed by atoms with E-state index in [2.05, 4.69) is 5.32 Å². The molecule has 24 heavy (non-hydrogen) atoms. The minimum Gasteiger partial charge on any atom is -0.454 e. The van der Waals surface area contributed by atoms with Crippen LogP contribution >= 0.6 is 0 Å². The first-order chi connectivity index (χ1) is 11.6. The zero-order valence-electron chi connectivity index (χ0n) is 13.2. The zero-order chi connectivity index (χ0) is 16.7. The van der Waals surface area contributed by atoms with E-state index in [-0.39, 0.29) is 18.6 Å². The summed E-state index contributed by atoms with van der Waals surface area (Å²) in [5.74, 6) is 1.12. The summed E-state index contributed by atoms with van der Waals surface area (Å²) in [5.41, 5.74) is 3.16. The number of nitrogens with one attached hydrogen (secondary N) is 1. The number of anilines is 2. The Balaban J connectivity index is 1.55. The highest BCUT2D eigenvalue weighted by molar-refractivity contribution is 6.05. The average molecular weight is 324 g/mol. The van der Waals surface area contributed by atoms with Crippen LogP contribution in [0.15, 0.2) is 36.4 Å². The van der Waals surface area contributed by atoms with E-state index in [1.54, 1.807) is 36.2 Å². The Bertz CT molecular complexity index is 847. The summed E-state index contributed by atoms with van der Waals surface area (Å²) < 4.78 is 10.5. The molecule has 0 bridgehead atoms. The van der Waals surface area contributed by atoms with Crippen molar-refractivity contribution in [3.05, 3.63) is 47.5 Å². The van der Waals surface area contributed by atoms with Crippen LogP contribution < -0.4 is 19.7 Å². The summed E-state index contributed by atoms with van der Waals surface area (Å²) in [6, 6.07) is 10.7. The first-order valence-corrected chi connectivity index (χ1v) is 7.72. The van der Waals surface area contributed by atoms with Crippen LogP contribution in [0.5, 0.6) is 11.5 Å². The lowest BCUT2D eigenvalue weighted by atomic mass is 10.0.